The molecule has 0 unspecified atom stereocenters. The topological polar surface area (TPSA) is 214 Å². The van der Waals surface area contributed by atoms with Crippen LogP contribution in [0.4, 0.5) is 0 Å². The molecule has 5 saturated carbocycles. The summed E-state index contributed by atoms with van der Waals surface area (Å²) in [6.45, 7) is 0. The van der Waals surface area contributed by atoms with Crippen LogP contribution in [-0.4, -0.2) is 105 Å². The lowest BCUT2D eigenvalue weighted by Gasteiger charge is -2.62. The Hall–Kier alpha value is 0.0200. The van der Waals surface area contributed by atoms with Gasteiger partial charge in [-0.2, -0.15) is 0 Å². The standard InChI is InChI=1S/C24H44N.C6H14O12P2/c1-5-13-21(14-6-1)25(22-15-7-2-8-16-22,23-17-9-3-10-18-23)24-19-11-4-12-20-24;7-1-2(8)5(17-19(11,12)13)4(10)6(3(1)9)18-20(14,15)16/h21-24H,1-20H2;1-10H,(H2,11,12,13)(H2,14,15,16)/q+1;/t;1-,2-,3+,4+,5+,6-. The molecular weight excluding hydrogens is 628 g/mol. The molecule has 45 heavy (non-hydrogen) atoms. The molecule has 5 aliphatic carbocycles. The highest BCUT2D eigenvalue weighted by molar-refractivity contribution is 7.46. The molecule has 0 spiro atoms. The minimum atomic E-state index is -5.20. The van der Waals surface area contributed by atoms with E-state index in [9.17, 15) is 29.6 Å². The summed E-state index contributed by atoms with van der Waals surface area (Å²) in [4.78, 5) is 34.4. The van der Waals surface area contributed by atoms with Gasteiger partial charge in [0, 0.05) is 0 Å². The normalized spacial score (nSPS) is 34.2. The number of quaternary nitrogens is 1. The van der Waals surface area contributed by atoms with Crippen molar-refractivity contribution in [3.8, 4) is 0 Å². The summed E-state index contributed by atoms with van der Waals surface area (Å²) in [5, 5.41) is 38.0. The number of phosphoric acid groups is 2. The van der Waals surface area contributed by atoms with E-state index in [-0.39, 0.29) is 0 Å². The van der Waals surface area contributed by atoms with Crippen molar-refractivity contribution < 1.29 is 62.7 Å². The van der Waals surface area contributed by atoms with Crippen molar-refractivity contribution in [3.05, 3.63) is 0 Å². The zero-order valence-electron chi connectivity index (χ0n) is 26.5. The Bertz CT molecular complexity index is 870. The molecule has 0 bridgehead atoms. The fraction of sp³-hybridized carbons (Fsp3) is 1.00. The van der Waals surface area contributed by atoms with E-state index in [4.69, 9.17) is 19.6 Å². The maximum atomic E-state index is 10.7. The third kappa shape index (κ3) is 9.59. The monoisotopic (exact) mass is 686 g/mol. The molecule has 0 aromatic rings. The van der Waals surface area contributed by atoms with E-state index in [0.29, 0.717) is 0 Å². The van der Waals surface area contributed by atoms with Crippen molar-refractivity contribution in [1.82, 2.24) is 0 Å². The minimum absolute atomic E-state index is 1.04. The van der Waals surface area contributed by atoms with E-state index in [2.05, 4.69) is 9.05 Å². The summed E-state index contributed by atoms with van der Waals surface area (Å²) in [7, 11) is -10.4. The molecule has 0 aromatic heterocycles. The summed E-state index contributed by atoms with van der Waals surface area (Å²) in [5.74, 6) is 0. The van der Waals surface area contributed by atoms with Crippen LogP contribution < -0.4 is 0 Å². The van der Waals surface area contributed by atoms with Gasteiger partial charge in [-0.1, -0.05) is 25.7 Å². The maximum Gasteiger partial charge on any atom is 0.470 e. The van der Waals surface area contributed by atoms with E-state index in [0.717, 1.165) is 24.2 Å². The van der Waals surface area contributed by atoms with Crippen molar-refractivity contribution in [1.29, 1.82) is 0 Å². The van der Waals surface area contributed by atoms with Gasteiger partial charge in [0.1, 0.15) is 36.6 Å². The molecule has 0 aromatic carbocycles. The van der Waals surface area contributed by atoms with Gasteiger partial charge in [-0.15, -0.1) is 0 Å². The molecule has 0 aliphatic heterocycles. The zero-order chi connectivity index (χ0) is 32.8. The summed E-state index contributed by atoms with van der Waals surface area (Å²) in [5.41, 5.74) is 0. The van der Waals surface area contributed by atoms with Crippen molar-refractivity contribution in [2.75, 3.05) is 0 Å². The lowest BCUT2D eigenvalue weighted by Crippen LogP contribution is -2.72. The molecule has 0 saturated heterocycles. The van der Waals surface area contributed by atoms with E-state index < -0.39 is 52.3 Å². The van der Waals surface area contributed by atoms with Crippen LogP contribution in [0.3, 0.4) is 0 Å². The second-order valence-electron chi connectivity index (χ2n) is 14.1. The van der Waals surface area contributed by atoms with Crippen molar-refractivity contribution in [3.63, 3.8) is 0 Å². The highest BCUT2D eigenvalue weighted by atomic mass is 31.2. The van der Waals surface area contributed by atoms with Gasteiger partial charge >= 0.3 is 15.6 Å². The third-order valence-electron chi connectivity index (χ3n) is 11.4. The molecule has 264 valence electrons. The predicted octanol–water partition coefficient (Wildman–Crippen LogP) is 3.53. The molecule has 5 rings (SSSR count). The second kappa shape index (κ2) is 16.6. The van der Waals surface area contributed by atoms with Crippen LogP contribution in [0.1, 0.15) is 128 Å². The van der Waals surface area contributed by atoms with Crippen LogP contribution in [0.5, 0.6) is 0 Å². The molecule has 15 heteroatoms. The van der Waals surface area contributed by atoms with Crippen molar-refractivity contribution in [2.24, 2.45) is 0 Å². The molecule has 5 fully saturated rings. The second-order valence-corrected chi connectivity index (χ2v) is 16.5. The molecule has 0 heterocycles. The molecule has 0 radical (unpaired) electrons. The number of rotatable bonds is 8. The minimum Gasteiger partial charge on any atom is -0.387 e. The Morgan fingerprint density at radius 1 is 0.400 bits per heavy atom. The average Bonchev–Trinajstić information content (AvgIpc) is 3.02. The number of aliphatic hydroxyl groups is 4. The summed E-state index contributed by atoms with van der Waals surface area (Å²) in [6, 6.07) is 4.18. The number of phosphoric ester groups is 2. The molecule has 6 atom stereocenters. The molecule has 0 amide bonds. The van der Waals surface area contributed by atoms with Crippen LogP contribution in [-0.2, 0) is 18.2 Å². The predicted molar refractivity (Wildman–Crippen MR) is 166 cm³/mol. The Morgan fingerprint density at radius 2 is 0.644 bits per heavy atom. The fourth-order valence-electron chi connectivity index (χ4n) is 9.65. The number of hydrogen-bond acceptors (Lipinski definition) is 8. The van der Waals surface area contributed by atoms with Gasteiger partial charge < -0.3 is 44.5 Å². The van der Waals surface area contributed by atoms with Gasteiger partial charge in [-0.25, -0.2) is 9.13 Å². The molecule has 8 N–H and O–H groups in total. The van der Waals surface area contributed by atoms with Crippen LogP contribution >= 0.6 is 15.6 Å². The Balaban J connectivity index is 0.000000211. The number of nitrogens with zero attached hydrogens (tertiary/aromatic N) is 1. The van der Waals surface area contributed by atoms with Crippen molar-refractivity contribution in [2.45, 2.75) is 189 Å². The largest absolute Gasteiger partial charge is 0.470 e. The maximum absolute atomic E-state index is 10.7. The zero-order valence-corrected chi connectivity index (χ0v) is 28.3. The lowest BCUT2D eigenvalue weighted by atomic mass is 9.76. The van der Waals surface area contributed by atoms with Crippen LogP contribution in [0.2, 0.25) is 0 Å². The van der Waals surface area contributed by atoms with Crippen LogP contribution in [0, 0.1) is 0 Å². The van der Waals surface area contributed by atoms with Gasteiger partial charge in [0.25, 0.3) is 0 Å². The summed E-state index contributed by atoms with van der Waals surface area (Å²) >= 11 is 0. The summed E-state index contributed by atoms with van der Waals surface area (Å²) in [6.07, 6.45) is 18.1. The number of aliphatic hydroxyl groups excluding tert-OH is 4. The SMILES string of the molecule is C1CCC([N+](C2CCCCC2)(C2CCCCC2)C2CCCCC2)CC1.O=P(O)(O)O[C@@H]1[C@H](O)[C@H](OP(=O)(O)O)[C@@H](O)[C@H](O)[C@H]1O. The molecule has 5 aliphatic rings. The Labute approximate surface area is 267 Å². The first-order valence-electron chi connectivity index (χ1n) is 17.3. The van der Waals surface area contributed by atoms with Gasteiger partial charge in [0.15, 0.2) is 0 Å². The van der Waals surface area contributed by atoms with Crippen molar-refractivity contribution >= 4 is 15.6 Å². The quantitative estimate of drug-likeness (QED) is 0.136. The summed E-state index contributed by atoms with van der Waals surface area (Å²) < 4.78 is 31.1. The smallest absolute Gasteiger partial charge is 0.387 e. The van der Waals surface area contributed by atoms with E-state index in [1.54, 1.807) is 55.8 Å². The fourth-order valence-corrected chi connectivity index (χ4v) is 10.8. The first-order chi connectivity index (χ1) is 21.3. The highest BCUT2D eigenvalue weighted by Gasteiger charge is 2.55. The third-order valence-corrected chi connectivity index (χ3v) is 12.4. The van der Waals surface area contributed by atoms with E-state index >= 15 is 0 Å². The van der Waals surface area contributed by atoms with Gasteiger partial charge in [-0.3, -0.25) is 9.05 Å². The van der Waals surface area contributed by atoms with Crippen LogP contribution in [0.25, 0.3) is 0 Å². The van der Waals surface area contributed by atoms with E-state index in [1.165, 1.54) is 77.0 Å². The Morgan fingerprint density at radius 3 is 0.867 bits per heavy atom. The molecule has 13 nitrogen and oxygen atoms in total. The highest BCUT2D eigenvalue weighted by Crippen LogP contribution is 2.48. The van der Waals surface area contributed by atoms with Gasteiger partial charge in [0.05, 0.1) is 24.2 Å². The van der Waals surface area contributed by atoms with Crippen LogP contribution in [0.15, 0.2) is 0 Å². The number of hydrogen-bond donors (Lipinski definition) is 8. The van der Waals surface area contributed by atoms with E-state index in [1.807, 2.05) is 0 Å². The lowest BCUT2D eigenvalue weighted by molar-refractivity contribution is -1.02. The first kappa shape index (κ1) is 37.8. The molecular formula is C30H58NO12P2+. The Kier molecular flexibility index (Phi) is 14.0. The first-order valence-corrected chi connectivity index (χ1v) is 20.4. The van der Waals surface area contributed by atoms with Gasteiger partial charge in [0.2, 0.25) is 0 Å². The average molecular weight is 687 g/mol. The van der Waals surface area contributed by atoms with Gasteiger partial charge in [-0.05, 0) is 103 Å².